The molecule has 0 amide bonds. The maximum atomic E-state index is 9.32. The molecule has 0 aromatic heterocycles. The molecule has 0 bridgehead atoms. The zero-order valence-corrected chi connectivity index (χ0v) is 10.4. The zero-order chi connectivity index (χ0) is 13.0. The van der Waals surface area contributed by atoms with Gasteiger partial charge in [0.15, 0.2) is 0 Å². The van der Waals surface area contributed by atoms with Crippen LogP contribution in [0.4, 0.5) is 0 Å². The van der Waals surface area contributed by atoms with Crippen LogP contribution in [-0.4, -0.2) is 10.2 Å². The fraction of sp³-hybridized carbons (Fsp3) is 0.143. The van der Waals surface area contributed by atoms with Crippen LogP contribution >= 0.6 is 11.6 Å². The van der Waals surface area contributed by atoms with Crippen molar-refractivity contribution in [2.75, 3.05) is 0 Å². The molecule has 0 spiro atoms. The first-order chi connectivity index (χ1) is 8.69. The summed E-state index contributed by atoms with van der Waals surface area (Å²) < 4.78 is 5.55. The SMILES string of the molecule is OCc1ccc(OCc2cccc(O)c2)c(Cl)c1. The van der Waals surface area contributed by atoms with Crippen LogP contribution in [0.5, 0.6) is 11.5 Å². The van der Waals surface area contributed by atoms with Crippen molar-refractivity contribution in [2.24, 2.45) is 0 Å². The second kappa shape index (κ2) is 5.76. The lowest BCUT2D eigenvalue weighted by atomic mass is 10.2. The number of hydrogen-bond acceptors (Lipinski definition) is 3. The van der Waals surface area contributed by atoms with Crippen molar-refractivity contribution in [2.45, 2.75) is 13.2 Å². The molecule has 0 atom stereocenters. The Kier molecular flexibility index (Phi) is 4.07. The van der Waals surface area contributed by atoms with Crippen LogP contribution in [-0.2, 0) is 13.2 Å². The van der Waals surface area contributed by atoms with Crippen molar-refractivity contribution in [3.8, 4) is 11.5 Å². The van der Waals surface area contributed by atoms with Crippen molar-refractivity contribution in [3.05, 3.63) is 58.6 Å². The summed E-state index contributed by atoms with van der Waals surface area (Å²) in [6.07, 6.45) is 0. The largest absolute Gasteiger partial charge is 0.508 e. The lowest BCUT2D eigenvalue weighted by molar-refractivity contribution is 0.280. The molecule has 0 saturated heterocycles. The highest BCUT2D eigenvalue weighted by atomic mass is 35.5. The van der Waals surface area contributed by atoms with Gasteiger partial charge in [0.05, 0.1) is 11.6 Å². The van der Waals surface area contributed by atoms with Crippen molar-refractivity contribution in [1.29, 1.82) is 0 Å². The lowest BCUT2D eigenvalue weighted by Gasteiger charge is -2.09. The summed E-state index contributed by atoms with van der Waals surface area (Å²) >= 11 is 6.02. The standard InChI is InChI=1S/C14H13ClO3/c15-13-7-10(8-16)4-5-14(13)18-9-11-2-1-3-12(17)6-11/h1-7,16-17H,8-9H2. The van der Waals surface area contributed by atoms with Crippen molar-refractivity contribution in [1.82, 2.24) is 0 Å². The Morgan fingerprint density at radius 2 is 1.89 bits per heavy atom. The Hall–Kier alpha value is -1.71. The minimum atomic E-state index is -0.0490. The van der Waals surface area contributed by atoms with Crippen LogP contribution in [0.15, 0.2) is 42.5 Å². The quantitative estimate of drug-likeness (QED) is 0.892. The lowest BCUT2D eigenvalue weighted by Crippen LogP contribution is -1.96. The molecule has 2 aromatic rings. The fourth-order valence-corrected chi connectivity index (χ4v) is 1.82. The number of phenolic OH excluding ortho intramolecular Hbond substituents is 1. The van der Waals surface area contributed by atoms with E-state index in [-0.39, 0.29) is 12.4 Å². The number of aliphatic hydroxyl groups excluding tert-OH is 1. The van der Waals surface area contributed by atoms with Gasteiger partial charge in [0, 0.05) is 0 Å². The van der Waals surface area contributed by atoms with E-state index in [0.717, 1.165) is 11.1 Å². The van der Waals surface area contributed by atoms with E-state index >= 15 is 0 Å². The number of phenols is 1. The van der Waals surface area contributed by atoms with Gasteiger partial charge >= 0.3 is 0 Å². The molecule has 18 heavy (non-hydrogen) atoms. The van der Waals surface area contributed by atoms with Crippen molar-refractivity contribution in [3.63, 3.8) is 0 Å². The fourth-order valence-electron chi connectivity index (χ4n) is 1.57. The second-order valence-corrected chi connectivity index (χ2v) is 4.29. The molecule has 2 rings (SSSR count). The highest BCUT2D eigenvalue weighted by Gasteiger charge is 2.03. The van der Waals surface area contributed by atoms with Gasteiger partial charge in [-0.05, 0) is 35.4 Å². The topological polar surface area (TPSA) is 49.7 Å². The average molecular weight is 265 g/mol. The molecule has 0 aliphatic rings. The minimum absolute atomic E-state index is 0.0490. The van der Waals surface area contributed by atoms with Gasteiger partial charge in [-0.1, -0.05) is 29.8 Å². The molecular weight excluding hydrogens is 252 g/mol. The van der Waals surface area contributed by atoms with E-state index < -0.39 is 0 Å². The highest BCUT2D eigenvalue weighted by molar-refractivity contribution is 6.32. The molecule has 2 aromatic carbocycles. The van der Waals surface area contributed by atoms with Gasteiger partial charge in [0.2, 0.25) is 0 Å². The smallest absolute Gasteiger partial charge is 0.138 e. The number of halogens is 1. The molecule has 0 aliphatic carbocycles. The van der Waals surface area contributed by atoms with Gasteiger partial charge in [0.1, 0.15) is 18.1 Å². The molecule has 0 fully saturated rings. The molecule has 0 saturated carbocycles. The molecule has 4 heteroatoms. The third kappa shape index (κ3) is 3.15. The predicted octanol–water partition coefficient (Wildman–Crippen LogP) is 3.12. The monoisotopic (exact) mass is 264 g/mol. The molecule has 0 radical (unpaired) electrons. The summed E-state index contributed by atoms with van der Waals surface area (Å²) in [5, 5.41) is 18.7. The van der Waals surface area contributed by atoms with E-state index in [9.17, 15) is 5.11 Å². The maximum Gasteiger partial charge on any atom is 0.138 e. The van der Waals surface area contributed by atoms with E-state index in [2.05, 4.69) is 0 Å². The zero-order valence-electron chi connectivity index (χ0n) is 9.64. The van der Waals surface area contributed by atoms with Gasteiger partial charge in [-0.15, -0.1) is 0 Å². The van der Waals surface area contributed by atoms with E-state index in [1.165, 1.54) is 0 Å². The Balaban J connectivity index is 2.06. The molecule has 94 valence electrons. The van der Waals surface area contributed by atoms with E-state index in [1.54, 1.807) is 36.4 Å². The summed E-state index contributed by atoms with van der Waals surface area (Å²) in [4.78, 5) is 0. The number of aromatic hydroxyl groups is 1. The third-order valence-corrected chi connectivity index (χ3v) is 2.78. The van der Waals surface area contributed by atoms with Crippen LogP contribution < -0.4 is 4.74 Å². The predicted molar refractivity (Wildman–Crippen MR) is 69.8 cm³/mol. The van der Waals surface area contributed by atoms with E-state index in [0.29, 0.717) is 17.4 Å². The Morgan fingerprint density at radius 3 is 2.56 bits per heavy atom. The minimum Gasteiger partial charge on any atom is -0.508 e. The number of hydrogen-bond donors (Lipinski definition) is 2. The van der Waals surface area contributed by atoms with Crippen LogP contribution in [0, 0.1) is 0 Å². The number of benzene rings is 2. The summed E-state index contributed by atoms with van der Waals surface area (Å²) in [5.74, 6) is 0.759. The molecule has 0 aliphatic heterocycles. The molecule has 0 unspecified atom stereocenters. The highest BCUT2D eigenvalue weighted by Crippen LogP contribution is 2.26. The molecule has 0 heterocycles. The van der Waals surface area contributed by atoms with Gasteiger partial charge < -0.3 is 14.9 Å². The first-order valence-electron chi connectivity index (χ1n) is 5.49. The number of aliphatic hydroxyl groups is 1. The number of rotatable bonds is 4. The number of ether oxygens (including phenoxy) is 1. The summed E-state index contributed by atoms with van der Waals surface area (Å²) in [5.41, 5.74) is 1.60. The van der Waals surface area contributed by atoms with E-state index in [1.807, 2.05) is 6.07 Å². The summed E-state index contributed by atoms with van der Waals surface area (Å²) in [6.45, 7) is 0.277. The molecular formula is C14H13ClO3. The van der Waals surface area contributed by atoms with Gasteiger partial charge in [0.25, 0.3) is 0 Å². The first-order valence-corrected chi connectivity index (χ1v) is 5.87. The van der Waals surface area contributed by atoms with Crippen molar-refractivity contribution >= 4 is 11.6 Å². The second-order valence-electron chi connectivity index (χ2n) is 3.88. The van der Waals surface area contributed by atoms with Gasteiger partial charge in [-0.2, -0.15) is 0 Å². The first kappa shape index (κ1) is 12.7. The molecule has 3 nitrogen and oxygen atoms in total. The van der Waals surface area contributed by atoms with Crippen LogP contribution in [0.25, 0.3) is 0 Å². The summed E-state index contributed by atoms with van der Waals surface area (Å²) in [7, 11) is 0. The van der Waals surface area contributed by atoms with Crippen LogP contribution in [0.2, 0.25) is 5.02 Å². The summed E-state index contributed by atoms with van der Waals surface area (Å²) in [6, 6.07) is 12.0. The van der Waals surface area contributed by atoms with E-state index in [4.69, 9.17) is 21.4 Å². The van der Waals surface area contributed by atoms with Gasteiger partial charge in [-0.3, -0.25) is 0 Å². The Morgan fingerprint density at radius 1 is 1.06 bits per heavy atom. The van der Waals surface area contributed by atoms with Crippen molar-refractivity contribution < 1.29 is 14.9 Å². The van der Waals surface area contributed by atoms with Crippen LogP contribution in [0.3, 0.4) is 0 Å². The average Bonchev–Trinajstić information content (AvgIpc) is 2.37. The maximum absolute atomic E-state index is 9.32. The third-order valence-electron chi connectivity index (χ3n) is 2.48. The Labute approximate surface area is 110 Å². The molecule has 2 N–H and O–H groups in total. The normalized spacial score (nSPS) is 10.3. The van der Waals surface area contributed by atoms with Crippen LogP contribution in [0.1, 0.15) is 11.1 Å². The Bertz CT molecular complexity index is 540. The van der Waals surface area contributed by atoms with Gasteiger partial charge in [-0.25, -0.2) is 0 Å².